The van der Waals surface area contributed by atoms with Gasteiger partial charge in [0.05, 0.1) is 6.20 Å². The van der Waals surface area contributed by atoms with Crippen molar-refractivity contribution in [3.8, 4) is 0 Å². The van der Waals surface area contributed by atoms with Gasteiger partial charge in [-0.15, -0.1) is 0 Å². The maximum atomic E-state index is 5.35. The van der Waals surface area contributed by atoms with E-state index in [0.717, 1.165) is 12.8 Å². The van der Waals surface area contributed by atoms with Crippen molar-refractivity contribution < 1.29 is 4.74 Å². The molecule has 1 aromatic rings. The van der Waals surface area contributed by atoms with Gasteiger partial charge in [-0.1, -0.05) is 0 Å². The fourth-order valence-corrected chi connectivity index (χ4v) is 1.27. The summed E-state index contributed by atoms with van der Waals surface area (Å²) in [6, 6.07) is 0. The number of nitrogens with zero attached hydrogens (tertiary/aromatic N) is 2. The Morgan fingerprint density at radius 2 is 2.36 bits per heavy atom. The van der Waals surface area contributed by atoms with E-state index in [1.807, 2.05) is 24.0 Å². The number of rotatable bonds is 2. The summed E-state index contributed by atoms with van der Waals surface area (Å²) in [7, 11) is 1.74. The maximum absolute atomic E-state index is 5.35. The first kappa shape index (κ1) is 6.85. The van der Waals surface area contributed by atoms with Crippen LogP contribution in [0.5, 0.6) is 0 Å². The van der Waals surface area contributed by atoms with E-state index >= 15 is 0 Å². The van der Waals surface area contributed by atoms with Gasteiger partial charge in [0, 0.05) is 26.1 Å². The molecule has 1 aliphatic carbocycles. The Balaban J connectivity index is 2.29. The van der Waals surface area contributed by atoms with Gasteiger partial charge in [0.2, 0.25) is 0 Å². The minimum Gasteiger partial charge on any atom is -0.357 e. The second-order valence-electron chi connectivity index (χ2n) is 3.11. The number of hydrogen-bond acceptors (Lipinski definition) is 2. The van der Waals surface area contributed by atoms with Crippen molar-refractivity contribution in [2.75, 3.05) is 7.11 Å². The van der Waals surface area contributed by atoms with Gasteiger partial charge in [0.1, 0.15) is 0 Å². The van der Waals surface area contributed by atoms with Crippen LogP contribution in [-0.2, 0) is 10.5 Å². The van der Waals surface area contributed by atoms with E-state index in [0.29, 0.717) is 0 Å². The van der Waals surface area contributed by atoms with Crippen molar-refractivity contribution in [2.45, 2.75) is 25.5 Å². The van der Waals surface area contributed by atoms with E-state index in [-0.39, 0.29) is 5.72 Å². The fourth-order valence-electron chi connectivity index (χ4n) is 1.27. The summed E-state index contributed by atoms with van der Waals surface area (Å²) in [5.74, 6) is 0. The van der Waals surface area contributed by atoms with Crippen molar-refractivity contribution in [3.05, 3.63) is 18.0 Å². The zero-order valence-electron chi connectivity index (χ0n) is 6.87. The molecule has 60 valence electrons. The van der Waals surface area contributed by atoms with Crippen LogP contribution in [0.2, 0.25) is 0 Å². The minimum atomic E-state index is -0.0890. The first-order valence-electron chi connectivity index (χ1n) is 3.84. The molecule has 0 spiro atoms. The zero-order valence-corrected chi connectivity index (χ0v) is 6.87. The molecule has 0 N–H and O–H groups in total. The first-order chi connectivity index (χ1) is 5.27. The van der Waals surface area contributed by atoms with Crippen molar-refractivity contribution in [2.24, 2.45) is 0 Å². The quantitative estimate of drug-likeness (QED) is 0.638. The van der Waals surface area contributed by atoms with Gasteiger partial charge in [0.25, 0.3) is 0 Å². The standard InChI is InChI=1S/C8H12N2O/c1-7-5-9-10(6-7)8(11-2)3-4-8/h5-6H,3-4H2,1-2H3. The largest absolute Gasteiger partial charge is 0.357 e. The van der Waals surface area contributed by atoms with E-state index in [4.69, 9.17) is 4.74 Å². The Kier molecular flexibility index (Phi) is 1.29. The maximum Gasteiger partial charge on any atom is 0.160 e. The molecule has 0 saturated heterocycles. The number of methoxy groups -OCH3 is 1. The van der Waals surface area contributed by atoms with Gasteiger partial charge >= 0.3 is 0 Å². The van der Waals surface area contributed by atoms with E-state index < -0.39 is 0 Å². The summed E-state index contributed by atoms with van der Waals surface area (Å²) in [6.45, 7) is 2.04. The lowest BCUT2D eigenvalue weighted by Crippen LogP contribution is -2.19. The van der Waals surface area contributed by atoms with Crippen LogP contribution in [0.25, 0.3) is 0 Å². The molecule has 0 bridgehead atoms. The van der Waals surface area contributed by atoms with Crippen LogP contribution in [0.4, 0.5) is 0 Å². The molecule has 1 aromatic heterocycles. The van der Waals surface area contributed by atoms with Crippen LogP contribution in [0, 0.1) is 6.92 Å². The van der Waals surface area contributed by atoms with Crippen LogP contribution in [0.1, 0.15) is 18.4 Å². The fraction of sp³-hybridized carbons (Fsp3) is 0.625. The molecule has 0 radical (unpaired) electrons. The van der Waals surface area contributed by atoms with E-state index in [1.165, 1.54) is 5.56 Å². The van der Waals surface area contributed by atoms with Crippen LogP contribution in [0.15, 0.2) is 12.4 Å². The van der Waals surface area contributed by atoms with Crippen LogP contribution >= 0.6 is 0 Å². The second-order valence-corrected chi connectivity index (χ2v) is 3.11. The molecule has 0 atom stereocenters. The summed E-state index contributed by atoms with van der Waals surface area (Å²) in [4.78, 5) is 0. The zero-order chi connectivity index (χ0) is 7.90. The highest BCUT2D eigenvalue weighted by atomic mass is 16.5. The Morgan fingerprint density at radius 1 is 1.64 bits per heavy atom. The molecule has 2 rings (SSSR count). The minimum absolute atomic E-state index is 0.0890. The average molecular weight is 152 g/mol. The highest BCUT2D eigenvalue weighted by Gasteiger charge is 2.45. The topological polar surface area (TPSA) is 27.1 Å². The molecule has 11 heavy (non-hydrogen) atoms. The second kappa shape index (κ2) is 2.08. The molecule has 1 heterocycles. The molecule has 1 fully saturated rings. The number of hydrogen-bond donors (Lipinski definition) is 0. The van der Waals surface area contributed by atoms with Gasteiger partial charge in [0.15, 0.2) is 5.72 Å². The highest BCUT2D eigenvalue weighted by Crippen LogP contribution is 2.43. The van der Waals surface area contributed by atoms with E-state index in [9.17, 15) is 0 Å². The summed E-state index contributed by atoms with van der Waals surface area (Å²) in [6.07, 6.45) is 6.06. The van der Waals surface area contributed by atoms with Crippen molar-refractivity contribution in [1.82, 2.24) is 9.78 Å². The van der Waals surface area contributed by atoms with Gasteiger partial charge in [-0.25, -0.2) is 4.68 Å². The smallest absolute Gasteiger partial charge is 0.160 e. The molecular weight excluding hydrogens is 140 g/mol. The van der Waals surface area contributed by atoms with E-state index in [1.54, 1.807) is 7.11 Å². The van der Waals surface area contributed by atoms with Gasteiger partial charge in [-0.2, -0.15) is 5.10 Å². The van der Waals surface area contributed by atoms with Gasteiger partial charge < -0.3 is 4.74 Å². The third kappa shape index (κ3) is 0.959. The Labute approximate surface area is 66.0 Å². The number of aromatic nitrogens is 2. The van der Waals surface area contributed by atoms with Crippen LogP contribution in [0.3, 0.4) is 0 Å². The summed E-state index contributed by atoms with van der Waals surface area (Å²) in [5.41, 5.74) is 1.10. The van der Waals surface area contributed by atoms with Crippen LogP contribution < -0.4 is 0 Å². The number of aryl methyl sites for hydroxylation is 1. The predicted octanol–water partition coefficient (Wildman–Crippen LogP) is 1.28. The molecule has 0 unspecified atom stereocenters. The highest BCUT2D eigenvalue weighted by molar-refractivity contribution is 5.04. The van der Waals surface area contributed by atoms with Crippen molar-refractivity contribution in [1.29, 1.82) is 0 Å². The molecule has 0 aliphatic heterocycles. The molecule has 0 amide bonds. The average Bonchev–Trinajstić information content (AvgIpc) is 2.70. The number of ether oxygens (including phenoxy) is 1. The summed E-state index contributed by atoms with van der Waals surface area (Å²) in [5, 5.41) is 4.21. The molecule has 1 aliphatic rings. The Bertz CT molecular complexity index is 263. The lowest BCUT2D eigenvalue weighted by Gasteiger charge is -2.12. The normalized spacial score (nSPS) is 20.2. The SMILES string of the molecule is COC1(n2cc(C)cn2)CC1. The predicted molar refractivity (Wildman–Crippen MR) is 41.2 cm³/mol. The third-order valence-corrected chi connectivity index (χ3v) is 2.19. The van der Waals surface area contributed by atoms with Gasteiger partial charge in [-0.05, 0) is 12.5 Å². The van der Waals surface area contributed by atoms with Gasteiger partial charge in [-0.3, -0.25) is 0 Å². The molecule has 3 nitrogen and oxygen atoms in total. The lowest BCUT2D eigenvalue weighted by molar-refractivity contribution is 0.00593. The van der Waals surface area contributed by atoms with E-state index in [2.05, 4.69) is 5.10 Å². The molecule has 3 heteroatoms. The third-order valence-electron chi connectivity index (χ3n) is 2.19. The first-order valence-corrected chi connectivity index (χ1v) is 3.84. The Morgan fingerprint density at radius 3 is 2.73 bits per heavy atom. The molecular formula is C8H12N2O. The molecule has 1 saturated carbocycles. The van der Waals surface area contributed by atoms with Crippen molar-refractivity contribution in [3.63, 3.8) is 0 Å². The van der Waals surface area contributed by atoms with Crippen LogP contribution in [-0.4, -0.2) is 16.9 Å². The molecule has 0 aromatic carbocycles. The van der Waals surface area contributed by atoms with Crippen molar-refractivity contribution >= 4 is 0 Å². The summed E-state index contributed by atoms with van der Waals surface area (Å²) >= 11 is 0. The summed E-state index contributed by atoms with van der Waals surface area (Å²) < 4.78 is 7.27. The Hall–Kier alpha value is -0.830. The lowest BCUT2D eigenvalue weighted by atomic mass is 10.4. The monoisotopic (exact) mass is 152 g/mol.